The van der Waals surface area contributed by atoms with Crippen molar-refractivity contribution in [1.29, 1.82) is 0 Å². The van der Waals surface area contributed by atoms with Crippen LogP contribution in [0.4, 0.5) is 5.69 Å². The molecule has 0 bridgehead atoms. The van der Waals surface area contributed by atoms with E-state index in [4.69, 9.17) is 0 Å². The Hall–Kier alpha value is -4.18. The Morgan fingerprint density at radius 2 is 1.23 bits per heavy atom. The van der Waals surface area contributed by atoms with Crippen molar-refractivity contribution in [2.45, 2.75) is 6.54 Å². The number of nitrogens with one attached hydrogen (secondary N) is 1. The van der Waals surface area contributed by atoms with Gasteiger partial charge in [0.25, 0.3) is 0 Å². The molecule has 0 aliphatic carbocycles. The third-order valence-corrected chi connectivity index (χ3v) is 5.47. The minimum absolute atomic E-state index is 0.0164. The van der Waals surface area contributed by atoms with E-state index in [1.807, 2.05) is 108 Å². The molecule has 0 aliphatic heterocycles. The van der Waals surface area contributed by atoms with Gasteiger partial charge in [-0.05, 0) is 35.9 Å². The van der Waals surface area contributed by atoms with Gasteiger partial charge in [-0.25, -0.2) is 0 Å². The Balaban J connectivity index is 1.55. The molecule has 150 valence electrons. The number of benzene rings is 4. The molecule has 1 aromatic heterocycles. The van der Waals surface area contributed by atoms with Crippen LogP contribution < -0.4 is 10.7 Å². The van der Waals surface area contributed by atoms with E-state index in [2.05, 4.69) is 5.32 Å². The lowest BCUT2D eigenvalue weighted by Gasteiger charge is -2.16. The van der Waals surface area contributed by atoms with Crippen molar-refractivity contribution < 1.29 is 4.79 Å². The first-order valence-corrected chi connectivity index (χ1v) is 10.2. The zero-order valence-corrected chi connectivity index (χ0v) is 16.8. The van der Waals surface area contributed by atoms with Crippen molar-refractivity contribution in [2.24, 2.45) is 0 Å². The van der Waals surface area contributed by atoms with E-state index >= 15 is 0 Å². The molecule has 1 heterocycles. The van der Waals surface area contributed by atoms with Gasteiger partial charge in [0.1, 0.15) is 6.54 Å². The van der Waals surface area contributed by atoms with Crippen molar-refractivity contribution in [3.63, 3.8) is 0 Å². The van der Waals surface area contributed by atoms with Crippen LogP contribution in [0, 0.1) is 0 Å². The summed E-state index contributed by atoms with van der Waals surface area (Å²) in [5.74, 6) is -0.151. The molecule has 0 saturated carbocycles. The summed E-state index contributed by atoms with van der Waals surface area (Å²) in [6, 6.07) is 32.6. The van der Waals surface area contributed by atoms with Crippen LogP contribution in [0.2, 0.25) is 0 Å². The minimum Gasteiger partial charge on any atom is -0.331 e. The quantitative estimate of drug-likeness (QED) is 0.404. The molecule has 4 nitrogen and oxygen atoms in total. The molecule has 0 spiro atoms. The number of aromatic nitrogens is 1. The van der Waals surface area contributed by atoms with E-state index in [0.29, 0.717) is 10.8 Å². The molecule has 0 saturated heterocycles. The number of rotatable bonds is 4. The number of pyridine rings is 1. The Labute approximate surface area is 179 Å². The average molecular weight is 404 g/mol. The standard InChI is InChI=1S/C27H20N2O2/c30-26(28-23-15-7-4-12-20(23)19-10-2-1-3-11-19)18-29-24-16-8-5-13-21(24)27(31)22-14-6-9-17-25(22)29/h1-17H,18H2,(H,28,30). The number of anilines is 1. The SMILES string of the molecule is O=C(Cn1c2ccccc2c(=O)c2ccccc21)Nc1ccccc1-c1ccccc1. The van der Waals surface area contributed by atoms with Crippen LogP contribution in [0.3, 0.4) is 0 Å². The Morgan fingerprint density at radius 3 is 1.90 bits per heavy atom. The number of carbonyl (C=O) groups is 1. The molecule has 5 aromatic rings. The molecule has 1 amide bonds. The molecule has 0 unspecified atom stereocenters. The first-order valence-electron chi connectivity index (χ1n) is 10.2. The minimum atomic E-state index is -0.151. The monoisotopic (exact) mass is 404 g/mol. The average Bonchev–Trinajstić information content (AvgIpc) is 2.83. The van der Waals surface area contributed by atoms with Gasteiger partial charge in [-0.2, -0.15) is 0 Å². The summed E-state index contributed by atoms with van der Waals surface area (Å²) < 4.78 is 1.91. The molecule has 4 aromatic carbocycles. The topological polar surface area (TPSA) is 51.1 Å². The fourth-order valence-electron chi connectivity index (χ4n) is 4.04. The van der Waals surface area contributed by atoms with Gasteiger partial charge in [0.05, 0.1) is 11.0 Å². The first kappa shape index (κ1) is 18.8. The molecule has 0 fully saturated rings. The van der Waals surface area contributed by atoms with E-state index in [-0.39, 0.29) is 17.9 Å². The third kappa shape index (κ3) is 3.49. The van der Waals surface area contributed by atoms with Crippen molar-refractivity contribution in [3.8, 4) is 11.1 Å². The lowest BCUT2D eigenvalue weighted by molar-refractivity contribution is -0.116. The summed E-state index contributed by atoms with van der Waals surface area (Å²) in [6.07, 6.45) is 0. The fourth-order valence-corrected chi connectivity index (χ4v) is 4.04. The smallest absolute Gasteiger partial charge is 0.244 e. The lowest BCUT2D eigenvalue weighted by atomic mass is 10.0. The van der Waals surface area contributed by atoms with Crippen molar-refractivity contribution in [3.05, 3.63) is 113 Å². The predicted molar refractivity (Wildman–Crippen MR) is 126 cm³/mol. The van der Waals surface area contributed by atoms with Crippen LogP contribution >= 0.6 is 0 Å². The summed E-state index contributed by atoms with van der Waals surface area (Å²) in [4.78, 5) is 26.0. The molecule has 5 rings (SSSR count). The van der Waals surface area contributed by atoms with E-state index in [0.717, 1.165) is 27.8 Å². The number of hydrogen-bond acceptors (Lipinski definition) is 2. The van der Waals surface area contributed by atoms with Gasteiger partial charge in [0.15, 0.2) is 5.43 Å². The number of amides is 1. The normalized spacial score (nSPS) is 11.0. The molecular formula is C27H20N2O2. The van der Waals surface area contributed by atoms with Gasteiger partial charge < -0.3 is 9.88 Å². The molecule has 0 radical (unpaired) electrons. The van der Waals surface area contributed by atoms with Gasteiger partial charge in [-0.15, -0.1) is 0 Å². The third-order valence-electron chi connectivity index (χ3n) is 5.47. The number of carbonyl (C=O) groups excluding carboxylic acids is 1. The van der Waals surface area contributed by atoms with Crippen molar-refractivity contribution in [2.75, 3.05) is 5.32 Å². The second-order valence-corrected chi connectivity index (χ2v) is 7.41. The number of para-hydroxylation sites is 3. The second kappa shape index (κ2) is 7.92. The Morgan fingerprint density at radius 1 is 0.677 bits per heavy atom. The fraction of sp³-hybridized carbons (Fsp3) is 0.0370. The van der Waals surface area contributed by atoms with Gasteiger partial charge in [-0.1, -0.05) is 72.8 Å². The molecule has 0 atom stereocenters. The predicted octanol–water partition coefficient (Wildman–Crippen LogP) is 5.46. The summed E-state index contributed by atoms with van der Waals surface area (Å²) in [5, 5.41) is 4.28. The Bertz CT molecular complexity index is 1410. The van der Waals surface area contributed by atoms with Crippen molar-refractivity contribution >= 4 is 33.4 Å². The van der Waals surface area contributed by atoms with Crippen LogP contribution in [-0.2, 0) is 11.3 Å². The molecule has 0 aliphatic rings. The zero-order chi connectivity index (χ0) is 21.2. The lowest BCUT2D eigenvalue weighted by Crippen LogP contribution is -2.21. The van der Waals surface area contributed by atoms with Crippen LogP contribution in [0.5, 0.6) is 0 Å². The van der Waals surface area contributed by atoms with Gasteiger partial charge in [0.2, 0.25) is 5.91 Å². The maximum Gasteiger partial charge on any atom is 0.244 e. The van der Waals surface area contributed by atoms with Gasteiger partial charge >= 0.3 is 0 Å². The Kier molecular flexibility index (Phi) is 4.81. The highest BCUT2D eigenvalue weighted by Gasteiger charge is 2.14. The van der Waals surface area contributed by atoms with E-state index in [9.17, 15) is 9.59 Å². The van der Waals surface area contributed by atoms with Crippen molar-refractivity contribution in [1.82, 2.24) is 4.57 Å². The molecule has 1 N–H and O–H groups in total. The van der Waals surface area contributed by atoms with Crippen LogP contribution in [0.1, 0.15) is 0 Å². The van der Waals surface area contributed by atoms with Crippen LogP contribution in [0.15, 0.2) is 108 Å². The summed E-state index contributed by atoms with van der Waals surface area (Å²) in [6.45, 7) is 0.102. The summed E-state index contributed by atoms with van der Waals surface area (Å²) in [5.41, 5.74) is 4.24. The highest BCUT2D eigenvalue weighted by Crippen LogP contribution is 2.28. The number of nitrogens with zero attached hydrogens (tertiary/aromatic N) is 1. The van der Waals surface area contributed by atoms with Crippen LogP contribution in [0.25, 0.3) is 32.9 Å². The highest BCUT2D eigenvalue weighted by atomic mass is 16.2. The van der Waals surface area contributed by atoms with Gasteiger partial charge in [0, 0.05) is 22.0 Å². The summed E-state index contributed by atoms with van der Waals surface area (Å²) >= 11 is 0. The largest absolute Gasteiger partial charge is 0.331 e. The van der Waals surface area contributed by atoms with E-state index < -0.39 is 0 Å². The molecule has 31 heavy (non-hydrogen) atoms. The second-order valence-electron chi connectivity index (χ2n) is 7.41. The maximum atomic E-state index is 13.1. The highest BCUT2D eigenvalue weighted by molar-refractivity contribution is 5.99. The van der Waals surface area contributed by atoms with E-state index in [1.165, 1.54) is 0 Å². The molecular weight excluding hydrogens is 384 g/mol. The number of fused-ring (bicyclic) bond motifs is 2. The summed E-state index contributed by atoms with van der Waals surface area (Å²) in [7, 11) is 0. The maximum absolute atomic E-state index is 13.1. The molecule has 4 heteroatoms. The first-order chi connectivity index (χ1) is 15.2. The van der Waals surface area contributed by atoms with E-state index in [1.54, 1.807) is 0 Å². The zero-order valence-electron chi connectivity index (χ0n) is 16.8. The van der Waals surface area contributed by atoms with Crippen LogP contribution in [-0.4, -0.2) is 10.5 Å². The number of hydrogen-bond donors (Lipinski definition) is 1. The van der Waals surface area contributed by atoms with Gasteiger partial charge in [-0.3, -0.25) is 9.59 Å².